The predicted molar refractivity (Wildman–Crippen MR) is 92.0 cm³/mol. The van der Waals surface area contributed by atoms with Crippen LogP contribution in [-0.4, -0.2) is 13.2 Å². The Bertz CT molecular complexity index is 688. The van der Waals surface area contributed by atoms with E-state index in [9.17, 15) is 5.26 Å². The van der Waals surface area contributed by atoms with Crippen LogP contribution in [0.4, 0.5) is 0 Å². The van der Waals surface area contributed by atoms with Gasteiger partial charge in [-0.3, -0.25) is 0 Å². The monoisotopic (exact) mass is 309 g/mol. The van der Waals surface area contributed by atoms with Crippen LogP contribution in [-0.2, 0) is 0 Å². The quantitative estimate of drug-likeness (QED) is 0.739. The van der Waals surface area contributed by atoms with Crippen LogP contribution in [0.25, 0.3) is 0 Å². The zero-order chi connectivity index (χ0) is 16.7. The van der Waals surface area contributed by atoms with E-state index >= 15 is 0 Å². The van der Waals surface area contributed by atoms with E-state index in [1.165, 1.54) is 5.56 Å². The van der Waals surface area contributed by atoms with Gasteiger partial charge >= 0.3 is 0 Å². The summed E-state index contributed by atoms with van der Waals surface area (Å²) in [6, 6.07) is 16.2. The number of hydrogen-bond donors (Lipinski definition) is 0. The summed E-state index contributed by atoms with van der Waals surface area (Å²) in [5.41, 5.74) is 3.43. The van der Waals surface area contributed by atoms with Crippen LogP contribution in [0.2, 0.25) is 0 Å². The SMILES string of the molecule is CCOc1cccc(OCCC(C#N)c2cc(C)ccc2C)c1. The van der Waals surface area contributed by atoms with Crippen molar-refractivity contribution < 1.29 is 9.47 Å². The fourth-order valence-corrected chi connectivity index (χ4v) is 2.54. The van der Waals surface area contributed by atoms with Crippen molar-refractivity contribution in [3.8, 4) is 17.6 Å². The molecule has 0 aliphatic carbocycles. The minimum absolute atomic E-state index is 0.148. The summed E-state index contributed by atoms with van der Waals surface area (Å²) >= 11 is 0. The molecule has 0 saturated heterocycles. The minimum atomic E-state index is -0.148. The maximum absolute atomic E-state index is 9.48. The second-order valence-electron chi connectivity index (χ2n) is 5.59. The summed E-state index contributed by atoms with van der Waals surface area (Å²) in [6.07, 6.45) is 0.666. The standard InChI is InChI=1S/C20H23NO2/c1-4-22-18-6-5-7-19(13-18)23-11-10-17(14-21)20-12-15(2)8-9-16(20)3/h5-9,12-13,17H,4,10-11H2,1-3H3. The van der Waals surface area contributed by atoms with Gasteiger partial charge in [0.05, 0.1) is 25.2 Å². The summed E-state index contributed by atoms with van der Waals surface area (Å²) in [5, 5.41) is 9.48. The molecule has 0 aliphatic heterocycles. The molecule has 120 valence electrons. The van der Waals surface area contributed by atoms with Crippen molar-refractivity contribution in [3.63, 3.8) is 0 Å². The molecular formula is C20H23NO2. The fourth-order valence-electron chi connectivity index (χ4n) is 2.54. The highest BCUT2D eigenvalue weighted by Gasteiger charge is 2.13. The van der Waals surface area contributed by atoms with Crippen molar-refractivity contribution in [1.29, 1.82) is 5.26 Å². The Morgan fingerprint density at radius 3 is 2.48 bits per heavy atom. The van der Waals surface area contributed by atoms with Crippen LogP contribution in [0.3, 0.4) is 0 Å². The van der Waals surface area contributed by atoms with E-state index in [-0.39, 0.29) is 5.92 Å². The summed E-state index contributed by atoms with van der Waals surface area (Å²) in [6.45, 7) is 7.18. The molecule has 1 atom stereocenters. The normalized spacial score (nSPS) is 11.6. The zero-order valence-corrected chi connectivity index (χ0v) is 14.0. The largest absolute Gasteiger partial charge is 0.494 e. The molecule has 3 nitrogen and oxygen atoms in total. The molecule has 23 heavy (non-hydrogen) atoms. The van der Waals surface area contributed by atoms with E-state index in [4.69, 9.17) is 9.47 Å². The molecule has 3 heteroatoms. The molecule has 0 aromatic heterocycles. The van der Waals surface area contributed by atoms with Gasteiger partial charge in [-0.2, -0.15) is 5.26 Å². The van der Waals surface area contributed by atoms with Crippen LogP contribution in [0.15, 0.2) is 42.5 Å². The number of aryl methyl sites for hydroxylation is 2. The van der Waals surface area contributed by atoms with Crippen molar-refractivity contribution in [1.82, 2.24) is 0 Å². The first-order valence-corrected chi connectivity index (χ1v) is 7.96. The van der Waals surface area contributed by atoms with E-state index in [2.05, 4.69) is 24.3 Å². The molecular weight excluding hydrogens is 286 g/mol. The van der Waals surface area contributed by atoms with Gasteiger partial charge in [0.1, 0.15) is 11.5 Å². The first-order valence-electron chi connectivity index (χ1n) is 7.96. The Morgan fingerprint density at radius 1 is 1.04 bits per heavy atom. The van der Waals surface area contributed by atoms with Crippen molar-refractivity contribution in [2.24, 2.45) is 0 Å². The number of nitrogens with zero attached hydrogens (tertiary/aromatic N) is 1. The highest BCUT2D eigenvalue weighted by Crippen LogP contribution is 2.25. The second-order valence-corrected chi connectivity index (χ2v) is 5.59. The summed E-state index contributed by atoms with van der Waals surface area (Å²) in [5.74, 6) is 1.43. The Kier molecular flexibility index (Phi) is 6.05. The number of benzene rings is 2. The Hall–Kier alpha value is -2.47. The van der Waals surface area contributed by atoms with E-state index < -0.39 is 0 Å². The molecule has 2 aromatic carbocycles. The van der Waals surface area contributed by atoms with Gasteiger partial charge in [-0.15, -0.1) is 0 Å². The minimum Gasteiger partial charge on any atom is -0.494 e. The first kappa shape index (κ1) is 16.9. The lowest BCUT2D eigenvalue weighted by Gasteiger charge is -2.14. The topological polar surface area (TPSA) is 42.2 Å². The van der Waals surface area contributed by atoms with Gasteiger partial charge in [0.25, 0.3) is 0 Å². The number of ether oxygens (including phenoxy) is 2. The van der Waals surface area contributed by atoms with Crippen LogP contribution in [0.1, 0.15) is 36.0 Å². The zero-order valence-electron chi connectivity index (χ0n) is 14.0. The van der Waals surface area contributed by atoms with Crippen molar-refractivity contribution >= 4 is 0 Å². The van der Waals surface area contributed by atoms with Crippen LogP contribution < -0.4 is 9.47 Å². The molecule has 0 radical (unpaired) electrons. The Balaban J connectivity index is 1.97. The first-order chi connectivity index (χ1) is 11.1. The Morgan fingerprint density at radius 2 is 1.78 bits per heavy atom. The fraction of sp³-hybridized carbons (Fsp3) is 0.350. The number of hydrogen-bond acceptors (Lipinski definition) is 3. The molecule has 0 fully saturated rings. The molecule has 0 spiro atoms. The average Bonchev–Trinajstić information content (AvgIpc) is 2.55. The molecule has 0 aliphatic rings. The lowest BCUT2D eigenvalue weighted by molar-refractivity contribution is 0.299. The summed E-state index contributed by atoms with van der Waals surface area (Å²) in [7, 11) is 0. The van der Waals surface area contributed by atoms with Crippen LogP contribution in [0.5, 0.6) is 11.5 Å². The highest BCUT2D eigenvalue weighted by molar-refractivity contribution is 5.36. The maximum Gasteiger partial charge on any atom is 0.122 e. The molecule has 0 bridgehead atoms. The Labute approximate surface area is 138 Å². The van der Waals surface area contributed by atoms with E-state index in [0.717, 1.165) is 22.6 Å². The van der Waals surface area contributed by atoms with Gasteiger partial charge in [0.15, 0.2) is 0 Å². The van der Waals surface area contributed by atoms with Gasteiger partial charge in [0, 0.05) is 12.5 Å². The molecule has 0 N–H and O–H groups in total. The second kappa shape index (κ2) is 8.24. The van der Waals surface area contributed by atoms with Crippen LogP contribution in [0, 0.1) is 25.2 Å². The maximum atomic E-state index is 9.48. The van der Waals surface area contributed by atoms with Crippen molar-refractivity contribution in [3.05, 3.63) is 59.2 Å². The van der Waals surface area contributed by atoms with E-state index in [1.807, 2.05) is 45.0 Å². The third-order valence-corrected chi connectivity index (χ3v) is 3.76. The van der Waals surface area contributed by atoms with E-state index in [0.29, 0.717) is 19.6 Å². The van der Waals surface area contributed by atoms with Crippen molar-refractivity contribution in [2.75, 3.05) is 13.2 Å². The molecule has 0 amide bonds. The number of nitriles is 1. The lowest BCUT2D eigenvalue weighted by Crippen LogP contribution is -2.06. The van der Waals surface area contributed by atoms with Gasteiger partial charge in [-0.1, -0.05) is 29.8 Å². The molecule has 0 saturated carbocycles. The van der Waals surface area contributed by atoms with Gasteiger partial charge in [-0.05, 0) is 44.0 Å². The van der Waals surface area contributed by atoms with Crippen LogP contribution >= 0.6 is 0 Å². The summed E-state index contributed by atoms with van der Waals surface area (Å²) < 4.78 is 11.2. The third-order valence-electron chi connectivity index (χ3n) is 3.76. The molecule has 2 rings (SSSR count). The average molecular weight is 309 g/mol. The van der Waals surface area contributed by atoms with Crippen molar-refractivity contribution in [2.45, 2.75) is 33.1 Å². The van der Waals surface area contributed by atoms with Gasteiger partial charge in [0.2, 0.25) is 0 Å². The molecule has 2 aromatic rings. The number of rotatable bonds is 7. The smallest absolute Gasteiger partial charge is 0.122 e. The van der Waals surface area contributed by atoms with E-state index in [1.54, 1.807) is 0 Å². The predicted octanol–water partition coefficient (Wildman–Crippen LogP) is 4.78. The molecule has 1 unspecified atom stereocenters. The third kappa shape index (κ3) is 4.75. The molecule has 0 heterocycles. The lowest BCUT2D eigenvalue weighted by atomic mass is 9.92. The van der Waals surface area contributed by atoms with Gasteiger partial charge < -0.3 is 9.47 Å². The summed E-state index contributed by atoms with van der Waals surface area (Å²) in [4.78, 5) is 0. The van der Waals surface area contributed by atoms with Gasteiger partial charge in [-0.25, -0.2) is 0 Å². The highest BCUT2D eigenvalue weighted by atomic mass is 16.5.